The Bertz CT molecular complexity index is 1250. The van der Waals surface area contributed by atoms with E-state index in [-0.39, 0.29) is 40.2 Å². The lowest BCUT2D eigenvalue weighted by atomic mass is 9.34. The van der Waals surface area contributed by atoms with E-state index in [2.05, 4.69) is 18.4 Å². The number of aliphatic hydroxyl groups excluding tert-OH is 1. The van der Waals surface area contributed by atoms with Crippen LogP contribution in [-0.4, -0.2) is 62.9 Å². The summed E-state index contributed by atoms with van der Waals surface area (Å²) in [6.45, 7) is 8.33. The minimum atomic E-state index is -0.840. The Morgan fingerprint density at radius 3 is 2.69 bits per heavy atom. The van der Waals surface area contributed by atoms with Gasteiger partial charge in [0.15, 0.2) is 0 Å². The number of non-ortho nitro benzene ring substituents is 1. The lowest BCUT2D eigenvalue weighted by Crippen LogP contribution is -2.81. The Hall–Kier alpha value is -2.29. The van der Waals surface area contributed by atoms with Crippen LogP contribution in [0.15, 0.2) is 36.4 Å². The molecule has 1 aromatic rings. The second-order valence-electron chi connectivity index (χ2n) is 13.4. The number of nitrogens with zero attached hydrogens (tertiary/aromatic N) is 2. The summed E-state index contributed by atoms with van der Waals surface area (Å²) >= 11 is 0. The topological polar surface area (TPSA) is 113 Å². The number of hydrogen-bond donors (Lipinski definition) is 2. The molecule has 12 atom stereocenters. The number of carbonyl (C=O) groups excluding carboxylic acids is 1. The van der Waals surface area contributed by atoms with Gasteiger partial charge in [0.05, 0.1) is 22.2 Å². The van der Waals surface area contributed by atoms with Gasteiger partial charge in [-0.05, 0) is 60.1 Å². The molecule has 6 aliphatic carbocycles. The summed E-state index contributed by atoms with van der Waals surface area (Å²) in [4.78, 5) is 26.6. The van der Waals surface area contributed by atoms with E-state index in [1.165, 1.54) is 24.3 Å². The van der Waals surface area contributed by atoms with Crippen LogP contribution in [0, 0.1) is 50.0 Å². The monoisotopic (exact) mass is 492 g/mol. The van der Waals surface area contributed by atoms with Crippen LogP contribution < -0.4 is 0 Å². The molecule has 1 aromatic carbocycles. The fourth-order valence-electron chi connectivity index (χ4n) is 12.0. The number of esters is 1. The summed E-state index contributed by atoms with van der Waals surface area (Å²) in [5.41, 5.74) is -0.560. The molecule has 36 heavy (non-hydrogen) atoms. The molecule has 0 radical (unpaired) electrons. The molecule has 9 bridgehead atoms. The SMILES string of the molecule is C=C1C2CC3C4N5C[C@]6(C)CCCC47C([C@H]2OC(=O)c2ccc([N+](=O)[O-])cc2)C3(C[C@@](O)(C5)C76)[C@@H]1O. The lowest BCUT2D eigenvalue weighted by molar-refractivity contribution is -0.384. The van der Waals surface area contributed by atoms with Gasteiger partial charge in [-0.1, -0.05) is 19.9 Å². The maximum Gasteiger partial charge on any atom is 0.338 e. The molecule has 9 aliphatic rings. The third-order valence-corrected chi connectivity index (χ3v) is 12.1. The first-order valence-electron chi connectivity index (χ1n) is 13.4. The van der Waals surface area contributed by atoms with Gasteiger partial charge in [-0.2, -0.15) is 0 Å². The van der Waals surface area contributed by atoms with E-state index in [1.807, 2.05) is 0 Å². The van der Waals surface area contributed by atoms with Crippen LogP contribution in [0.2, 0.25) is 0 Å². The largest absolute Gasteiger partial charge is 0.458 e. The van der Waals surface area contributed by atoms with Gasteiger partial charge in [0.25, 0.3) is 5.69 Å². The third kappa shape index (κ3) is 2.09. The van der Waals surface area contributed by atoms with Crippen LogP contribution >= 0.6 is 0 Å². The molecule has 2 spiro atoms. The molecule has 0 amide bonds. The first-order valence-corrected chi connectivity index (χ1v) is 13.4. The van der Waals surface area contributed by atoms with Crippen LogP contribution in [0.4, 0.5) is 5.69 Å². The quantitative estimate of drug-likeness (QED) is 0.289. The first kappa shape index (κ1) is 21.8. The van der Waals surface area contributed by atoms with E-state index in [0.29, 0.717) is 24.6 Å². The van der Waals surface area contributed by atoms with Crippen molar-refractivity contribution in [2.45, 2.75) is 62.9 Å². The van der Waals surface area contributed by atoms with Crippen molar-refractivity contribution in [3.8, 4) is 0 Å². The number of fused-ring (bicyclic) bond motifs is 1. The molecular formula is C28H32N2O6. The number of aliphatic hydroxyl groups is 2. The molecule has 0 aromatic heterocycles. The van der Waals surface area contributed by atoms with Crippen LogP contribution in [0.5, 0.6) is 0 Å². The van der Waals surface area contributed by atoms with E-state index in [4.69, 9.17) is 4.74 Å². The van der Waals surface area contributed by atoms with E-state index in [9.17, 15) is 25.1 Å². The molecule has 8 nitrogen and oxygen atoms in total. The zero-order valence-electron chi connectivity index (χ0n) is 20.4. The van der Waals surface area contributed by atoms with Gasteiger partial charge >= 0.3 is 5.97 Å². The second-order valence-corrected chi connectivity index (χ2v) is 13.4. The van der Waals surface area contributed by atoms with Crippen LogP contribution in [0.1, 0.15) is 49.4 Å². The number of hydrogen-bond acceptors (Lipinski definition) is 7. The minimum absolute atomic E-state index is 0.0192. The molecule has 190 valence electrons. The first-order chi connectivity index (χ1) is 17.1. The minimum Gasteiger partial charge on any atom is -0.458 e. The van der Waals surface area contributed by atoms with Gasteiger partial charge in [0, 0.05) is 54.4 Å². The highest BCUT2D eigenvalue weighted by atomic mass is 16.6. The van der Waals surface area contributed by atoms with Crippen LogP contribution in [-0.2, 0) is 4.74 Å². The number of nitro benzene ring substituents is 1. The van der Waals surface area contributed by atoms with E-state index in [1.54, 1.807) is 0 Å². The van der Waals surface area contributed by atoms with Gasteiger partial charge in [-0.15, -0.1) is 0 Å². The summed E-state index contributed by atoms with van der Waals surface area (Å²) in [6, 6.07) is 5.87. The summed E-state index contributed by atoms with van der Waals surface area (Å²) in [7, 11) is 0. The Balaban J connectivity index is 1.26. The normalized spacial score (nSPS) is 54.6. The number of ether oxygens (including phenoxy) is 1. The number of piperidine rings is 3. The molecule has 3 heterocycles. The van der Waals surface area contributed by atoms with Crippen molar-refractivity contribution in [2.75, 3.05) is 13.1 Å². The smallest absolute Gasteiger partial charge is 0.338 e. The standard InChI is InChI=1S/C28H32N2O6/c1-14-17-10-18-21-27-9-3-8-25(2)12-29(21)13-26(33,24(25)27)11-28(18,22(14)31)20(27)19(17)36-23(32)15-4-6-16(7-5-15)30(34)35/h4-7,17-22,24,31,33H,1,3,8-13H2,2H3/t17?,18?,19-,20?,21?,22+,24?,25-,26+,27?,28?/m0/s1. The molecule has 8 heteroatoms. The Kier molecular flexibility index (Phi) is 3.76. The van der Waals surface area contributed by atoms with Gasteiger partial charge in [0.2, 0.25) is 0 Å². The fraction of sp³-hybridized carbons (Fsp3) is 0.679. The number of nitro groups is 1. The van der Waals surface area contributed by atoms with Crippen molar-refractivity contribution in [2.24, 2.45) is 39.9 Å². The van der Waals surface area contributed by atoms with E-state index >= 15 is 0 Å². The third-order valence-electron chi connectivity index (χ3n) is 12.1. The summed E-state index contributed by atoms with van der Waals surface area (Å²) in [6.07, 6.45) is 3.46. The van der Waals surface area contributed by atoms with Crippen molar-refractivity contribution in [1.29, 1.82) is 0 Å². The predicted molar refractivity (Wildman–Crippen MR) is 128 cm³/mol. The molecular weight excluding hydrogens is 460 g/mol. The maximum absolute atomic E-state index is 13.4. The van der Waals surface area contributed by atoms with E-state index < -0.39 is 34.1 Å². The van der Waals surface area contributed by atoms with Crippen molar-refractivity contribution >= 4 is 11.7 Å². The average molecular weight is 493 g/mol. The molecule has 10 rings (SSSR count). The molecule has 3 saturated heterocycles. The van der Waals surface area contributed by atoms with E-state index in [0.717, 1.165) is 37.8 Å². The Labute approximate surface area is 209 Å². The molecule has 8 unspecified atom stereocenters. The molecule has 9 fully saturated rings. The molecule has 3 aliphatic heterocycles. The summed E-state index contributed by atoms with van der Waals surface area (Å²) in [5.74, 6) is -0.202. The van der Waals surface area contributed by atoms with Gasteiger partial charge < -0.3 is 14.9 Å². The lowest BCUT2D eigenvalue weighted by Gasteiger charge is -2.76. The number of rotatable bonds is 3. The van der Waals surface area contributed by atoms with Crippen LogP contribution in [0.3, 0.4) is 0 Å². The second kappa shape index (κ2) is 6.22. The highest BCUT2D eigenvalue weighted by molar-refractivity contribution is 5.89. The van der Waals surface area contributed by atoms with Gasteiger partial charge in [-0.25, -0.2) is 4.79 Å². The predicted octanol–water partition coefficient (Wildman–Crippen LogP) is 2.93. The fourth-order valence-corrected chi connectivity index (χ4v) is 12.0. The Morgan fingerprint density at radius 1 is 1.22 bits per heavy atom. The highest BCUT2D eigenvalue weighted by Crippen LogP contribution is 2.86. The van der Waals surface area contributed by atoms with Gasteiger partial charge in [-0.3, -0.25) is 15.0 Å². The van der Waals surface area contributed by atoms with Crippen molar-refractivity contribution in [3.63, 3.8) is 0 Å². The van der Waals surface area contributed by atoms with Gasteiger partial charge in [0.1, 0.15) is 6.10 Å². The van der Waals surface area contributed by atoms with Crippen molar-refractivity contribution < 1.29 is 24.7 Å². The number of benzene rings is 1. The molecule has 6 saturated carbocycles. The zero-order chi connectivity index (χ0) is 25.0. The highest BCUT2D eigenvalue weighted by Gasteiger charge is 2.90. The number of carbonyl (C=O) groups is 1. The summed E-state index contributed by atoms with van der Waals surface area (Å²) in [5, 5.41) is 35.2. The van der Waals surface area contributed by atoms with Crippen LogP contribution in [0.25, 0.3) is 0 Å². The van der Waals surface area contributed by atoms with Crippen molar-refractivity contribution in [3.05, 3.63) is 52.1 Å². The van der Waals surface area contributed by atoms with Crippen molar-refractivity contribution in [1.82, 2.24) is 4.90 Å². The summed E-state index contributed by atoms with van der Waals surface area (Å²) < 4.78 is 6.38. The Morgan fingerprint density at radius 2 is 1.97 bits per heavy atom. The zero-order valence-corrected chi connectivity index (χ0v) is 20.4. The average Bonchev–Trinajstić information content (AvgIpc) is 2.89. The maximum atomic E-state index is 13.4. The molecule has 2 N–H and O–H groups in total.